The first kappa shape index (κ1) is 19.0. The van der Waals surface area contributed by atoms with Crippen molar-refractivity contribution in [3.05, 3.63) is 72.1 Å². The highest BCUT2D eigenvalue weighted by molar-refractivity contribution is 7.10. The lowest BCUT2D eigenvalue weighted by Crippen LogP contribution is -2.72. The van der Waals surface area contributed by atoms with Gasteiger partial charge in [-0.2, -0.15) is 10.9 Å². The molecular formula is C25H33BN2. The van der Waals surface area contributed by atoms with E-state index >= 15 is 0 Å². The fourth-order valence-electron chi connectivity index (χ4n) is 6.04. The van der Waals surface area contributed by atoms with Gasteiger partial charge in [-0.15, -0.1) is 6.32 Å². The molecule has 1 aliphatic rings. The quantitative estimate of drug-likeness (QED) is 0.482. The van der Waals surface area contributed by atoms with Crippen LogP contribution in [0, 0.1) is 13.8 Å². The third-order valence-electron chi connectivity index (χ3n) is 6.91. The fraction of sp³-hybridized carbons (Fsp3) is 0.400. The SMILES string of the molecule is Cc1c(C)[n+]2c(n1C(C)(C)C)[B-](c1ccccc1)(c1ccccc1)CC2(C)C. The molecule has 2 heterocycles. The normalized spacial score (nSPS) is 17.5. The molecule has 0 aliphatic carbocycles. The summed E-state index contributed by atoms with van der Waals surface area (Å²) >= 11 is 0. The summed E-state index contributed by atoms with van der Waals surface area (Å²) in [5.74, 6) is 0. The van der Waals surface area contributed by atoms with E-state index in [1.807, 2.05) is 0 Å². The molecule has 0 N–H and O–H groups in total. The molecule has 1 aromatic heterocycles. The lowest BCUT2D eigenvalue weighted by atomic mass is 9.16. The predicted molar refractivity (Wildman–Crippen MR) is 121 cm³/mol. The molecule has 3 aromatic rings. The van der Waals surface area contributed by atoms with Crippen LogP contribution in [-0.2, 0) is 11.1 Å². The zero-order valence-electron chi connectivity index (χ0n) is 18.5. The third-order valence-corrected chi connectivity index (χ3v) is 6.91. The Kier molecular flexibility index (Phi) is 4.15. The van der Waals surface area contributed by atoms with Crippen molar-refractivity contribution >= 4 is 22.8 Å². The van der Waals surface area contributed by atoms with E-state index in [-0.39, 0.29) is 11.1 Å². The molecule has 0 unspecified atom stereocenters. The van der Waals surface area contributed by atoms with Crippen molar-refractivity contribution in [3.8, 4) is 0 Å². The Bertz CT molecular complexity index is 966. The Labute approximate surface area is 170 Å². The minimum absolute atomic E-state index is 0.0202. The van der Waals surface area contributed by atoms with Crippen LogP contribution in [0.5, 0.6) is 0 Å². The zero-order valence-corrected chi connectivity index (χ0v) is 18.5. The van der Waals surface area contributed by atoms with E-state index in [1.54, 1.807) is 0 Å². The molecule has 3 heteroatoms. The molecule has 2 aromatic carbocycles. The molecule has 0 saturated carbocycles. The van der Waals surface area contributed by atoms with Crippen LogP contribution in [0.1, 0.15) is 46.0 Å². The number of hydrogen-bond donors (Lipinski definition) is 0. The van der Waals surface area contributed by atoms with Gasteiger partial charge >= 0.3 is 0 Å². The molecule has 2 nitrogen and oxygen atoms in total. The summed E-state index contributed by atoms with van der Waals surface area (Å²) in [7, 11) is 0. The maximum atomic E-state index is 2.65. The summed E-state index contributed by atoms with van der Waals surface area (Å²) in [5, 5.41) is 0. The summed E-state index contributed by atoms with van der Waals surface area (Å²) in [6.45, 7) is 16.4. The lowest BCUT2D eigenvalue weighted by molar-refractivity contribution is -0.737. The van der Waals surface area contributed by atoms with Crippen LogP contribution < -0.4 is 21.2 Å². The molecule has 0 saturated heterocycles. The summed E-state index contributed by atoms with van der Waals surface area (Å²) < 4.78 is 5.27. The Morgan fingerprint density at radius 3 is 1.75 bits per heavy atom. The Morgan fingerprint density at radius 2 is 1.32 bits per heavy atom. The van der Waals surface area contributed by atoms with Crippen LogP contribution in [-0.4, -0.2) is 10.7 Å². The van der Waals surface area contributed by atoms with Gasteiger partial charge in [-0.3, -0.25) is 9.13 Å². The first-order chi connectivity index (χ1) is 13.1. The minimum Gasteiger partial charge on any atom is -0.266 e. The van der Waals surface area contributed by atoms with Crippen LogP contribution >= 0.6 is 0 Å². The number of fused-ring (bicyclic) bond motifs is 1. The van der Waals surface area contributed by atoms with Crippen molar-refractivity contribution in [1.82, 2.24) is 4.57 Å². The van der Waals surface area contributed by atoms with Gasteiger partial charge in [0, 0.05) is 13.8 Å². The average Bonchev–Trinajstić information content (AvgIpc) is 3.07. The highest BCUT2D eigenvalue weighted by Gasteiger charge is 2.55. The van der Waals surface area contributed by atoms with Crippen LogP contribution in [0.4, 0.5) is 0 Å². The highest BCUT2D eigenvalue weighted by atomic mass is 15.2. The van der Waals surface area contributed by atoms with E-state index in [9.17, 15) is 0 Å². The topological polar surface area (TPSA) is 8.81 Å². The van der Waals surface area contributed by atoms with E-state index in [1.165, 1.54) is 28.0 Å². The van der Waals surface area contributed by atoms with E-state index in [4.69, 9.17) is 0 Å². The van der Waals surface area contributed by atoms with Crippen LogP contribution in [0.2, 0.25) is 6.32 Å². The van der Waals surface area contributed by atoms with Gasteiger partial charge in [0.15, 0.2) is 6.15 Å². The minimum atomic E-state index is -1.07. The van der Waals surface area contributed by atoms with Crippen LogP contribution in [0.25, 0.3) is 0 Å². The molecular weight excluding hydrogens is 339 g/mol. The number of imidazole rings is 1. The summed E-state index contributed by atoms with van der Waals surface area (Å²) in [4.78, 5) is 0. The highest BCUT2D eigenvalue weighted by Crippen LogP contribution is 2.32. The molecule has 146 valence electrons. The van der Waals surface area contributed by atoms with Crippen molar-refractivity contribution in [3.63, 3.8) is 0 Å². The van der Waals surface area contributed by atoms with Crippen molar-refractivity contribution < 1.29 is 4.57 Å². The van der Waals surface area contributed by atoms with Crippen molar-refractivity contribution in [2.75, 3.05) is 0 Å². The number of aromatic nitrogens is 2. The number of benzene rings is 2. The number of nitrogens with zero attached hydrogens (tertiary/aromatic N) is 2. The standard InChI is InChI=1S/C25H33BN2/c1-19-20(2)28-23(27(19)24(3,4)5)26(18-25(28,6)7,21-14-10-8-11-15-21)22-16-12-9-13-17-22/h8-17H,18H2,1-7H3. The lowest BCUT2D eigenvalue weighted by Gasteiger charge is -2.37. The third kappa shape index (κ3) is 2.52. The van der Waals surface area contributed by atoms with Crippen molar-refractivity contribution in [2.45, 2.75) is 65.9 Å². The number of hydrogen-bond acceptors (Lipinski definition) is 0. The second-order valence-electron chi connectivity index (χ2n) is 10.3. The molecule has 0 radical (unpaired) electrons. The first-order valence-electron chi connectivity index (χ1n) is 10.5. The van der Waals surface area contributed by atoms with Gasteiger partial charge in [-0.25, -0.2) is 0 Å². The van der Waals surface area contributed by atoms with E-state index in [0.29, 0.717) is 0 Å². The Balaban J connectivity index is 2.20. The van der Waals surface area contributed by atoms with E-state index in [0.717, 1.165) is 6.32 Å². The van der Waals surface area contributed by atoms with Crippen LogP contribution in [0.15, 0.2) is 60.7 Å². The smallest absolute Gasteiger partial charge is 0.179 e. The van der Waals surface area contributed by atoms with E-state index < -0.39 is 6.15 Å². The molecule has 4 rings (SSSR count). The summed E-state index contributed by atoms with van der Waals surface area (Å²) in [5.41, 5.74) is 7.22. The average molecular weight is 372 g/mol. The molecule has 0 spiro atoms. The molecule has 0 amide bonds. The largest absolute Gasteiger partial charge is 0.266 e. The van der Waals surface area contributed by atoms with Gasteiger partial charge in [0.1, 0.15) is 11.4 Å². The van der Waals surface area contributed by atoms with Gasteiger partial charge in [0.25, 0.3) is 0 Å². The van der Waals surface area contributed by atoms with Gasteiger partial charge in [0.2, 0.25) is 0 Å². The molecule has 0 atom stereocenters. The van der Waals surface area contributed by atoms with Crippen molar-refractivity contribution in [2.24, 2.45) is 0 Å². The second-order valence-corrected chi connectivity index (χ2v) is 10.3. The Hall–Kier alpha value is -2.29. The van der Waals surface area contributed by atoms with Crippen molar-refractivity contribution in [1.29, 1.82) is 0 Å². The maximum Gasteiger partial charge on any atom is 0.179 e. The van der Waals surface area contributed by atoms with Gasteiger partial charge in [-0.05, 0) is 34.6 Å². The Morgan fingerprint density at radius 1 is 0.857 bits per heavy atom. The molecule has 0 bridgehead atoms. The van der Waals surface area contributed by atoms with Crippen LogP contribution in [0.3, 0.4) is 0 Å². The summed E-state index contributed by atoms with van der Waals surface area (Å²) in [6, 6.07) is 22.4. The first-order valence-corrected chi connectivity index (χ1v) is 10.5. The van der Waals surface area contributed by atoms with Gasteiger partial charge in [-0.1, -0.05) is 60.7 Å². The second kappa shape index (κ2) is 6.11. The predicted octanol–water partition coefficient (Wildman–Crippen LogP) is 3.37. The fourth-order valence-corrected chi connectivity index (χ4v) is 6.04. The van der Waals surface area contributed by atoms with Gasteiger partial charge < -0.3 is 0 Å². The monoisotopic (exact) mass is 372 g/mol. The molecule has 28 heavy (non-hydrogen) atoms. The maximum absolute atomic E-state index is 2.65. The molecule has 1 aliphatic heterocycles. The van der Waals surface area contributed by atoms with E-state index in [2.05, 4.69) is 118 Å². The molecule has 0 fully saturated rings. The number of rotatable bonds is 2. The zero-order chi connectivity index (χ0) is 20.3. The summed E-state index contributed by atoms with van der Waals surface area (Å²) in [6.07, 6.45) is 0.0452. The van der Waals surface area contributed by atoms with Gasteiger partial charge in [0.05, 0.1) is 16.8 Å².